The number of carbonyl (C=O) groups is 1. The van der Waals surface area contributed by atoms with E-state index in [0.717, 1.165) is 33.1 Å². The highest BCUT2D eigenvalue weighted by Crippen LogP contribution is 2.37. The van der Waals surface area contributed by atoms with E-state index in [2.05, 4.69) is 9.97 Å². The largest absolute Gasteiger partial charge is 0.497 e. The van der Waals surface area contributed by atoms with Gasteiger partial charge in [0.25, 0.3) is 0 Å². The van der Waals surface area contributed by atoms with E-state index in [9.17, 15) is 9.90 Å². The van der Waals surface area contributed by atoms with Crippen LogP contribution in [0, 0.1) is 0 Å². The molecule has 0 bridgehead atoms. The highest BCUT2D eigenvalue weighted by atomic mass is 16.5. The highest BCUT2D eigenvalue weighted by molar-refractivity contribution is 6.17. The van der Waals surface area contributed by atoms with Gasteiger partial charge in [-0.2, -0.15) is 0 Å². The molecule has 0 aliphatic heterocycles. The summed E-state index contributed by atoms with van der Waals surface area (Å²) in [7, 11) is 1.61. The van der Waals surface area contributed by atoms with Crippen molar-refractivity contribution >= 4 is 27.8 Å². The molecule has 4 aromatic rings. The molecule has 0 unspecified atom stereocenters. The van der Waals surface area contributed by atoms with Crippen LogP contribution in [0.2, 0.25) is 0 Å². The summed E-state index contributed by atoms with van der Waals surface area (Å²) in [5.41, 5.74) is 3.17. The molecule has 5 heteroatoms. The zero-order chi connectivity index (χ0) is 16.7. The Morgan fingerprint density at radius 1 is 1.12 bits per heavy atom. The lowest BCUT2D eigenvalue weighted by Crippen LogP contribution is -2.03. The van der Waals surface area contributed by atoms with E-state index in [4.69, 9.17) is 4.74 Å². The number of pyridine rings is 1. The van der Waals surface area contributed by atoms with E-state index in [1.54, 1.807) is 13.3 Å². The van der Waals surface area contributed by atoms with Gasteiger partial charge >= 0.3 is 5.97 Å². The number of methoxy groups -OCH3 is 1. The number of carboxylic acids is 1. The van der Waals surface area contributed by atoms with E-state index in [0.29, 0.717) is 5.56 Å². The first kappa shape index (κ1) is 14.3. The Kier molecular flexibility index (Phi) is 3.20. The summed E-state index contributed by atoms with van der Waals surface area (Å²) in [6.45, 7) is 0. The molecule has 0 aliphatic carbocycles. The van der Waals surface area contributed by atoms with Gasteiger partial charge in [-0.1, -0.05) is 30.3 Å². The van der Waals surface area contributed by atoms with Crippen LogP contribution in [0.15, 0.2) is 54.7 Å². The van der Waals surface area contributed by atoms with Gasteiger partial charge in [-0.3, -0.25) is 0 Å². The van der Waals surface area contributed by atoms with Crippen molar-refractivity contribution in [3.8, 4) is 16.9 Å². The van der Waals surface area contributed by atoms with Crippen LogP contribution in [0.3, 0.4) is 0 Å². The Morgan fingerprint density at radius 2 is 1.92 bits per heavy atom. The quantitative estimate of drug-likeness (QED) is 0.596. The smallest absolute Gasteiger partial charge is 0.355 e. The third kappa shape index (κ3) is 2.10. The molecule has 0 spiro atoms. The molecule has 118 valence electrons. The first-order valence-corrected chi connectivity index (χ1v) is 7.46. The number of hydrogen-bond donors (Lipinski definition) is 2. The number of fused-ring (bicyclic) bond motifs is 3. The first-order valence-electron chi connectivity index (χ1n) is 7.46. The number of benzene rings is 2. The van der Waals surface area contributed by atoms with Crippen molar-refractivity contribution < 1.29 is 14.6 Å². The van der Waals surface area contributed by atoms with Crippen molar-refractivity contribution in [1.29, 1.82) is 0 Å². The van der Waals surface area contributed by atoms with Crippen LogP contribution in [0.4, 0.5) is 0 Å². The summed E-state index contributed by atoms with van der Waals surface area (Å²) in [5, 5.41) is 11.3. The Balaban J connectivity index is 2.19. The number of aromatic amines is 1. The lowest BCUT2D eigenvalue weighted by Gasteiger charge is -2.08. The molecule has 2 aromatic carbocycles. The molecule has 0 atom stereocenters. The average molecular weight is 318 g/mol. The SMILES string of the molecule is COc1ccc2[nH]c3cnc(C(=O)O)c(-c4ccccc4)c3c2c1. The predicted molar refractivity (Wildman–Crippen MR) is 92.5 cm³/mol. The third-order valence-electron chi connectivity index (χ3n) is 4.11. The van der Waals surface area contributed by atoms with Gasteiger partial charge in [0.1, 0.15) is 5.75 Å². The van der Waals surface area contributed by atoms with Crippen LogP contribution in [0.25, 0.3) is 32.9 Å². The summed E-state index contributed by atoms with van der Waals surface area (Å²) in [6.07, 6.45) is 1.57. The summed E-state index contributed by atoms with van der Waals surface area (Å²) in [6, 6.07) is 15.1. The van der Waals surface area contributed by atoms with Crippen molar-refractivity contribution in [2.24, 2.45) is 0 Å². The molecule has 0 fully saturated rings. The van der Waals surface area contributed by atoms with Crippen molar-refractivity contribution in [1.82, 2.24) is 9.97 Å². The van der Waals surface area contributed by atoms with Gasteiger partial charge in [0.05, 0.1) is 18.8 Å². The third-order valence-corrected chi connectivity index (χ3v) is 4.11. The number of aromatic carboxylic acids is 1. The summed E-state index contributed by atoms with van der Waals surface area (Å²) in [5.74, 6) is -0.330. The van der Waals surface area contributed by atoms with Crippen LogP contribution in [0.1, 0.15) is 10.5 Å². The maximum atomic E-state index is 11.7. The number of hydrogen-bond acceptors (Lipinski definition) is 3. The van der Waals surface area contributed by atoms with Gasteiger partial charge in [-0.05, 0) is 23.8 Å². The summed E-state index contributed by atoms with van der Waals surface area (Å²) < 4.78 is 5.32. The predicted octanol–water partition coefficient (Wildman–Crippen LogP) is 4.09. The van der Waals surface area contributed by atoms with Crippen LogP contribution in [-0.2, 0) is 0 Å². The fraction of sp³-hybridized carbons (Fsp3) is 0.0526. The maximum Gasteiger partial charge on any atom is 0.355 e. The Morgan fingerprint density at radius 3 is 2.62 bits per heavy atom. The van der Waals surface area contributed by atoms with E-state index in [1.807, 2.05) is 48.5 Å². The van der Waals surface area contributed by atoms with Crippen LogP contribution in [-0.4, -0.2) is 28.2 Å². The van der Waals surface area contributed by atoms with E-state index >= 15 is 0 Å². The van der Waals surface area contributed by atoms with Crippen molar-refractivity contribution in [3.05, 3.63) is 60.4 Å². The van der Waals surface area contributed by atoms with Crippen molar-refractivity contribution in [3.63, 3.8) is 0 Å². The van der Waals surface area contributed by atoms with Gasteiger partial charge in [-0.15, -0.1) is 0 Å². The van der Waals surface area contributed by atoms with Gasteiger partial charge in [0.2, 0.25) is 0 Å². The van der Waals surface area contributed by atoms with Crippen LogP contribution >= 0.6 is 0 Å². The van der Waals surface area contributed by atoms with E-state index in [-0.39, 0.29) is 5.69 Å². The summed E-state index contributed by atoms with van der Waals surface area (Å²) >= 11 is 0. The lowest BCUT2D eigenvalue weighted by atomic mass is 9.98. The van der Waals surface area contributed by atoms with E-state index in [1.165, 1.54) is 0 Å². The zero-order valence-corrected chi connectivity index (χ0v) is 12.9. The molecule has 0 aliphatic rings. The topological polar surface area (TPSA) is 75.2 Å². The van der Waals surface area contributed by atoms with Gasteiger partial charge in [0.15, 0.2) is 5.69 Å². The number of carboxylic acid groups (broad SMARTS) is 1. The maximum absolute atomic E-state index is 11.7. The molecule has 0 saturated heterocycles. The van der Waals surface area contributed by atoms with Crippen molar-refractivity contribution in [2.75, 3.05) is 7.11 Å². The van der Waals surface area contributed by atoms with Crippen LogP contribution < -0.4 is 4.74 Å². The number of rotatable bonds is 3. The molecule has 5 nitrogen and oxygen atoms in total. The molecule has 2 N–H and O–H groups in total. The molecule has 4 rings (SSSR count). The molecule has 0 radical (unpaired) electrons. The van der Waals surface area contributed by atoms with Gasteiger partial charge in [0, 0.05) is 21.9 Å². The van der Waals surface area contributed by atoms with Crippen molar-refractivity contribution in [2.45, 2.75) is 0 Å². The number of ether oxygens (including phenoxy) is 1. The second-order valence-corrected chi connectivity index (χ2v) is 5.48. The number of aromatic nitrogens is 2. The Bertz CT molecular complexity index is 1070. The Hall–Kier alpha value is -3.34. The van der Waals surface area contributed by atoms with Gasteiger partial charge < -0.3 is 14.8 Å². The summed E-state index contributed by atoms with van der Waals surface area (Å²) in [4.78, 5) is 19.2. The molecule has 0 amide bonds. The lowest BCUT2D eigenvalue weighted by molar-refractivity contribution is 0.0691. The minimum atomic E-state index is -1.05. The minimum Gasteiger partial charge on any atom is -0.497 e. The molecule has 24 heavy (non-hydrogen) atoms. The molecular formula is C19H14N2O3. The van der Waals surface area contributed by atoms with E-state index < -0.39 is 5.97 Å². The van der Waals surface area contributed by atoms with Crippen LogP contribution in [0.5, 0.6) is 5.75 Å². The highest BCUT2D eigenvalue weighted by Gasteiger charge is 2.20. The number of H-pyrrole nitrogens is 1. The Labute approximate surface area is 137 Å². The normalized spacial score (nSPS) is 11.0. The fourth-order valence-corrected chi connectivity index (χ4v) is 3.05. The monoisotopic (exact) mass is 318 g/mol. The van der Waals surface area contributed by atoms with Gasteiger partial charge in [-0.25, -0.2) is 9.78 Å². The fourth-order valence-electron chi connectivity index (χ4n) is 3.05. The number of nitrogens with one attached hydrogen (secondary N) is 1. The standard InChI is InChI=1S/C19H14N2O3/c1-24-12-7-8-14-13(9-12)17-15(21-14)10-20-18(19(22)23)16(17)11-5-3-2-4-6-11/h2-10,21H,1H3,(H,22,23). The molecular weight excluding hydrogens is 304 g/mol. The first-order chi connectivity index (χ1) is 11.7. The molecule has 2 aromatic heterocycles. The number of nitrogens with zero attached hydrogens (tertiary/aromatic N) is 1. The molecule has 2 heterocycles. The second-order valence-electron chi connectivity index (χ2n) is 5.48. The second kappa shape index (κ2) is 5.38. The molecule has 0 saturated carbocycles. The zero-order valence-electron chi connectivity index (χ0n) is 12.9. The minimum absolute atomic E-state index is 0.0393. The average Bonchev–Trinajstić information content (AvgIpc) is 2.99.